The Morgan fingerprint density at radius 2 is 2.00 bits per heavy atom. The molecule has 4 aliphatic carbocycles. The summed E-state index contributed by atoms with van der Waals surface area (Å²) in [5.41, 5.74) is 6.21. The molecule has 1 aromatic rings. The zero-order valence-electron chi connectivity index (χ0n) is 11.6. The molecule has 2 unspecified atom stereocenters. The third kappa shape index (κ3) is 1.85. The van der Waals surface area contributed by atoms with E-state index in [1.165, 1.54) is 6.42 Å². The monoisotopic (exact) mass is 271 g/mol. The number of aromatic nitrogens is 1. The van der Waals surface area contributed by atoms with Gasteiger partial charge in [0.05, 0.1) is 5.41 Å². The molecule has 1 amide bonds. The van der Waals surface area contributed by atoms with Crippen molar-refractivity contribution in [1.29, 1.82) is 0 Å². The molecule has 2 atom stereocenters. The van der Waals surface area contributed by atoms with Gasteiger partial charge in [-0.25, -0.2) is 4.98 Å². The number of pyridine rings is 1. The quantitative estimate of drug-likeness (QED) is 0.867. The molecule has 1 heterocycles. The van der Waals surface area contributed by atoms with E-state index in [2.05, 4.69) is 10.3 Å². The SMILES string of the molecule is NC12CC3CC(C1)CC(C(=O)Nc1ccccn1)(C3)C2. The lowest BCUT2D eigenvalue weighted by molar-refractivity contribution is -0.142. The highest BCUT2D eigenvalue weighted by atomic mass is 16.2. The zero-order valence-corrected chi connectivity index (χ0v) is 11.6. The summed E-state index contributed by atoms with van der Waals surface area (Å²) < 4.78 is 0. The van der Waals surface area contributed by atoms with Gasteiger partial charge < -0.3 is 11.1 Å². The Hall–Kier alpha value is -1.42. The van der Waals surface area contributed by atoms with Crippen molar-refractivity contribution in [2.24, 2.45) is 23.0 Å². The highest BCUT2D eigenvalue weighted by molar-refractivity contribution is 5.95. The first kappa shape index (κ1) is 12.3. The number of hydrogen-bond donors (Lipinski definition) is 2. The number of anilines is 1. The van der Waals surface area contributed by atoms with E-state index in [1.54, 1.807) is 6.20 Å². The third-order valence-electron chi connectivity index (χ3n) is 5.49. The van der Waals surface area contributed by atoms with Crippen LogP contribution in [0.2, 0.25) is 0 Å². The Labute approximate surface area is 119 Å². The van der Waals surface area contributed by atoms with Crippen LogP contribution < -0.4 is 11.1 Å². The first-order valence-electron chi connectivity index (χ1n) is 7.58. The zero-order chi connectivity index (χ0) is 13.8. The average Bonchev–Trinajstić information content (AvgIpc) is 2.37. The Bertz CT molecular complexity index is 528. The fourth-order valence-electron chi connectivity index (χ4n) is 5.28. The van der Waals surface area contributed by atoms with Gasteiger partial charge in [-0.1, -0.05) is 6.07 Å². The first-order chi connectivity index (χ1) is 9.57. The van der Waals surface area contributed by atoms with Crippen molar-refractivity contribution in [2.45, 2.75) is 44.1 Å². The van der Waals surface area contributed by atoms with Gasteiger partial charge in [0.2, 0.25) is 5.91 Å². The average molecular weight is 271 g/mol. The largest absolute Gasteiger partial charge is 0.325 e. The molecule has 0 spiro atoms. The molecule has 4 heteroatoms. The van der Waals surface area contributed by atoms with E-state index < -0.39 is 0 Å². The maximum Gasteiger partial charge on any atom is 0.231 e. The normalized spacial score (nSPS) is 41.6. The fraction of sp³-hybridized carbons (Fsp3) is 0.625. The van der Waals surface area contributed by atoms with E-state index >= 15 is 0 Å². The standard InChI is InChI=1S/C16H21N3O/c17-16-8-11-5-12(9-16)7-15(6-11,10-16)14(20)19-13-3-1-2-4-18-13/h1-4,11-12H,5-10,17H2,(H,18,19,20). The molecule has 106 valence electrons. The van der Waals surface area contributed by atoms with E-state index in [0.717, 1.165) is 32.1 Å². The predicted octanol–water partition coefficient (Wildman–Crippen LogP) is 2.32. The lowest BCUT2D eigenvalue weighted by Crippen LogP contribution is -2.62. The van der Waals surface area contributed by atoms with Gasteiger partial charge in [0.1, 0.15) is 5.82 Å². The minimum atomic E-state index is -0.240. The maximum absolute atomic E-state index is 12.8. The van der Waals surface area contributed by atoms with Gasteiger partial charge in [-0.3, -0.25) is 4.79 Å². The van der Waals surface area contributed by atoms with Gasteiger partial charge in [0.25, 0.3) is 0 Å². The number of nitrogens with one attached hydrogen (secondary N) is 1. The second-order valence-corrected chi connectivity index (χ2v) is 7.27. The molecule has 3 N–H and O–H groups in total. The van der Waals surface area contributed by atoms with Gasteiger partial charge in [0.15, 0.2) is 0 Å². The summed E-state index contributed by atoms with van der Waals surface area (Å²) in [5.74, 6) is 2.09. The molecule has 4 saturated carbocycles. The molecule has 0 aromatic carbocycles. The van der Waals surface area contributed by atoms with Crippen molar-refractivity contribution in [3.05, 3.63) is 24.4 Å². The van der Waals surface area contributed by atoms with E-state index in [9.17, 15) is 4.79 Å². The van der Waals surface area contributed by atoms with Crippen LogP contribution >= 0.6 is 0 Å². The summed E-state index contributed by atoms with van der Waals surface area (Å²) in [6.07, 6.45) is 8.09. The minimum Gasteiger partial charge on any atom is -0.325 e. The summed E-state index contributed by atoms with van der Waals surface area (Å²) in [7, 11) is 0. The molecule has 4 nitrogen and oxygen atoms in total. The van der Waals surface area contributed by atoms with E-state index in [1.807, 2.05) is 18.2 Å². The summed E-state index contributed by atoms with van der Waals surface area (Å²) in [6.45, 7) is 0. The third-order valence-corrected chi connectivity index (χ3v) is 5.49. The van der Waals surface area contributed by atoms with Gasteiger partial charge in [-0.15, -0.1) is 0 Å². The van der Waals surface area contributed by atoms with Crippen LogP contribution in [0, 0.1) is 17.3 Å². The van der Waals surface area contributed by atoms with Crippen molar-refractivity contribution >= 4 is 11.7 Å². The Kier molecular flexibility index (Phi) is 2.49. The van der Waals surface area contributed by atoms with Crippen LogP contribution in [-0.4, -0.2) is 16.4 Å². The van der Waals surface area contributed by atoms with E-state index in [0.29, 0.717) is 17.7 Å². The van der Waals surface area contributed by atoms with Crippen LogP contribution in [-0.2, 0) is 4.79 Å². The fourth-order valence-corrected chi connectivity index (χ4v) is 5.28. The van der Waals surface area contributed by atoms with Crippen LogP contribution in [0.1, 0.15) is 38.5 Å². The first-order valence-corrected chi connectivity index (χ1v) is 7.58. The highest BCUT2D eigenvalue weighted by Crippen LogP contribution is 2.61. The van der Waals surface area contributed by atoms with Gasteiger partial charge in [-0.05, 0) is 62.5 Å². The Balaban J connectivity index is 1.60. The molecule has 20 heavy (non-hydrogen) atoms. The Morgan fingerprint density at radius 3 is 2.60 bits per heavy atom. The molecule has 4 fully saturated rings. The lowest BCUT2D eigenvalue weighted by atomic mass is 9.47. The summed E-state index contributed by atoms with van der Waals surface area (Å²) >= 11 is 0. The van der Waals surface area contributed by atoms with Gasteiger partial charge >= 0.3 is 0 Å². The van der Waals surface area contributed by atoms with Crippen molar-refractivity contribution in [1.82, 2.24) is 4.98 Å². The van der Waals surface area contributed by atoms with Crippen LogP contribution in [0.25, 0.3) is 0 Å². The number of hydrogen-bond acceptors (Lipinski definition) is 3. The molecule has 1 aromatic heterocycles. The molecule has 4 bridgehead atoms. The summed E-state index contributed by atoms with van der Waals surface area (Å²) in [5, 5.41) is 3.01. The Morgan fingerprint density at radius 1 is 1.25 bits per heavy atom. The summed E-state index contributed by atoms with van der Waals surface area (Å²) in [4.78, 5) is 17.0. The van der Waals surface area contributed by atoms with Crippen LogP contribution in [0.15, 0.2) is 24.4 Å². The highest BCUT2D eigenvalue weighted by Gasteiger charge is 2.59. The second kappa shape index (κ2) is 4.04. The number of nitrogens with two attached hydrogens (primary N) is 1. The molecule has 4 aliphatic rings. The van der Waals surface area contributed by atoms with Crippen molar-refractivity contribution in [3.8, 4) is 0 Å². The number of rotatable bonds is 2. The van der Waals surface area contributed by atoms with Gasteiger partial charge in [0, 0.05) is 11.7 Å². The minimum absolute atomic E-state index is 0.0917. The van der Waals surface area contributed by atoms with Crippen LogP contribution in [0.4, 0.5) is 5.82 Å². The van der Waals surface area contributed by atoms with Gasteiger partial charge in [-0.2, -0.15) is 0 Å². The van der Waals surface area contributed by atoms with E-state index in [-0.39, 0.29) is 16.9 Å². The molecular weight excluding hydrogens is 250 g/mol. The smallest absolute Gasteiger partial charge is 0.231 e. The molecule has 0 aliphatic heterocycles. The van der Waals surface area contributed by atoms with Crippen LogP contribution in [0.5, 0.6) is 0 Å². The maximum atomic E-state index is 12.8. The van der Waals surface area contributed by atoms with Crippen LogP contribution in [0.3, 0.4) is 0 Å². The van der Waals surface area contributed by atoms with Crippen molar-refractivity contribution < 1.29 is 4.79 Å². The number of carbonyl (C=O) groups excluding carboxylic acids is 1. The number of amides is 1. The topological polar surface area (TPSA) is 68.0 Å². The predicted molar refractivity (Wildman–Crippen MR) is 76.9 cm³/mol. The molecular formula is C16H21N3O. The molecule has 0 radical (unpaired) electrons. The summed E-state index contributed by atoms with van der Waals surface area (Å²) in [6, 6.07) is 5.60. The second-order valence-electron chi connectivity index (χ2n) is 7.27. The number of carbonyl (C=O) groups is 1. The van der Waals surface area contributed by atoms with E-state index in [4.69, 9.17) is 5.73 Å². The lowest BCUT2D eigenvalue weighted by Gasteiger charge is -2.60. The molecule has 5 rings (SSSR count). The number of nitrogens with zero attached hydrogens (tertiary/aromatic N) is 1. The molecule has 0 saturated heterocycles. The van der Waals surface area contributed by atoms with Crippen molar-refractivity contribution in [2.75, 3.05) is 5.32 Å². The van der Waals surface area contributed by atoms with Crippen molar-refractivity contribution in [3.63, 3.8) is 0 Å².